The molecule has 0 saturated carbocycles. The molecule has 0 saturated heterocycles. The first-order valence-corrected chi connectivity index (χ1v) is 11.6. The molecule has 30 heavy (non-hydrogen) atoms. The molecule has 0 aromatic heterocycles. The highest BCUT2D eigenvalue weighted by Crippen LogP contribution is 2.40. The Morgan fingerprint density at radius 3 is 2.27 bits per heavy atom. The van der Waals surface area contributed by atoms with Gasteiger partial charge in [0, 0.05) is 15.8 Å². The lowest BCUT2D eigenvalue weighted by molar-refractivity contribution is -0.532. The molecule has 154 valence electrons. The van der Waals surface area contributed by atoms with Gasteiger partial charge in [-0.3, -0.25) is 0 Å². The van der Waals surface area contributed by atoms with E-state index in [0.717, 1.165) is 45.2 Å². The lowest BCUT2D eigenvalue weighted by Gasteiger charge is -2.28. The van der Waals surface area contributed by atoms with Crippen LogP contribution in [-0.2, 0) is 5.72 Å². The monoisotopic (exact) mass is 544 g/mol. The molecule has 1 atom stereocenters. The number of rotatable bonds is 3. The third-order valence-corrected chi connectivity index (χ3v) is 7.31. The normalized spacial score (nSPS) is 20.7. The van der Waals surface area contributed by atoms with E-state index in [4.69, 9.17) is 0 Å². The second-order valence-electron chi connectivity index (χ2n) is 7.48. The first kappa shape index (κ1) is 21.6. The molecule has 2 aliphatic heterocycles. The van der Waals surface area contributed by atoms with E-state index in [1.54, 1.807) is 0 Å². The van der Waals surface area contributed by atoms with Gasteiger partial charge in [0.15, 0.2) is 6.54 Å². The van der Waals surface area contributed by atoms with Crippen LogP contribution in [-0.4, -0.2) is 33.7 Å². The maximum atomic E-state index is 12.0. The summed E-state index contributed by atoms with van der Waals surface area (Å²) in [6, 6.07) is 26.9. The SMILES string of the molecule is OC1(c2ccc(-c3ccccc3)cc2)C[N+]2=C(SCCC2)N1c1ccc(Br)cc1.[Br-]. The van der Waals surface area contributed by atoms with E-state index >= 15 is 0 Å². The molecule has 0 bridgehead atoms. The second kappa shape index (κ2) is 8.87. The van der Waals surface area contributed by atoms with Crippen LogP contribution in [0.1, 0.15) is 12.0 Å². The predicted molar refractivity (Wildman–Crippen MR) is 124 cm³/mol. The highest BCUT2D eigenvalue weighted by atomic mass is 79.9. The number of thioether (sulfide) groups is 1. The van der Waals surface area contributed by atoms with E-state index < -0.39 is 5.72 Å². The minimum Gasteiger partial charge on any atom is -1.00 e. The van der Waals surface area contributed by atoms with Gasteiger partial charge in [0.05, 0.1) is 6.54 Å². The summed E-state index contributed by atoms with van der Waals surface area (Å²) >= 11 is 5.36. The number of anilines is 1. The molecule has 3 aromatic rings. The highest BCUT2D eigenvalue weighted by molar-refractivity contribution is 9.10. The lowest BCUT2D eigenvalue weighted by atomic mass is 9.97. The summed E-state index contributed by atoms with van der Waals surface area (Å²) in [5, 5.41) is 13.1. The zero-order chi connectivity index (χ0) is 19.8. The molecule has 2 aliphatic rings. The average Bonchev–Trinajstić information content (AvgIpc) is 3.08. The van der Waals surface area contributed by atoms with Gasteiger partial charge in [-0.25, -0.2) is 4.58 Å². The zero-order valence-electron chi connectivity index (χ0n) is 16.3. The van der Waals surface area contributed by atoms with Gasteiger partial charge in [-0.2, -0.15) is 4.90 Å². The predicted octanol–water partition coefficient (Wildman–Crippen LogP) is 2.29. The fraction of sp³-hybridized carbons (Fsp3) is 0.208. The molecule has 0 spiro atoms. The fourth-order valence-electron chi connectivity index (χ4n) is 4.15. The Balaban J connectivity index is 0.00000218. The van der Waals surface area contributed by atoms with Gasteiger partial charge in [-0.1, -0.05) is 70.5 Å². The Labute approximate surface area is 200 Å². The van der Waals surface area contributed by atoms with Crippen LogP contribution in [0.5, 0.6) is 0 Å². The molecule has 0 aliphatic carbocycles. The Morgan fingerprint density at radius 1 is 0.900 bits per heavy atom. The number of hydrogen-bond acceptors (Lipinski definition) is 3. The number of hydrogen-bond donors (Lipinski definition) is 1. The second-order valence-corrected chi connectivity index (χ2v) is 9.46. The molecule has 0 fully saturated rings. The van der Waals surface area contributed by atoms with Crippen molar-refractivity contribution in [2.75, 3.05) is 23.7 Å². The Kier molecular flexibility index (Phi) is 6.39. The van der Waals surface area contributed by atoms with E-state index in [2.05, 4.69) is 86.1 Å². The van der Waals surface area contributed by atoms with Crippen molar-refractivity contribution in [2.24, 2.45) is 0 Å². The maximum Gasteiger partial charge on any atom is 0.316 e. The quantitative estimate of drug-likeness (QED) is 0.512. The number of aliphatic hydroxyl groups is 1. The van der Waals surface area contributed by atoms with Crippen molar-refractivity contribution >= 4 is 38.5 Å². The van der Waals surface area contributed by atoms with Gasteiger partial charge in [0.25, 0.3) is 5.72 Å². The molecule has 1 N–H and O–H groups in total. The largest absolute Gasteiger partial charge is 1.00 e. The van der Waals surface area contributed by atoms with Gasteiger partial charge in [-0.05, 0) is 53.6 Å². The molecule has 6 heteroatoms. The molecular formula is C24H22Br2N2OS. The van der Waals surface area contributed by atoms with Crippen molar-refractivity contribution in [1.29, 1.82) is 0 Å². The van der Waals surface area contributed by atoms with Crippen LogP contribution in [0, 0.1) is 0 Å². The smallest absolute Gasteiger partial charge is 0.316 e. The first-order valence-electron chi connectivity index (χ1n) is 9.84. The van der Waals surface area contributed by atoms with Gasteiger partial charge in [0.2, 0.25) is 0 Å². The molecule has 0 amide bonds. The van der Waals surface area contributed by atoms with Crippen LogP contribution >= 0.6 is 27.7 Å². The van der Waals surface area contributed by atoms with Crippen LogP contribution in [0.3, 0.4) is 0 Å². The minimum atomic E-state index is -1.09. The molecule has 1 unspecified atom stereocenters. The first-order chi connectivity index (χ1) is 14.1. The summed E-state index contributed by atoms with van der Waals surface area (Å²) < 4.78 is 3.36. The van der Waals surface area contributed by atoms with Crippen molar-refractivity contribution < 1.29 is 26.7 Å². The van der Waals surface area contributed by atoms with Crippen molar-refractivity contribution in [3.8, 4) is 11.1 Å². The molecule has 3 aromatic carbocycles. The average molecular weight is 546 g/mol. The third kappa shape index (κ3) is 3.86. The number of benzene rings is 3. The standard InChI is InChI=1S/C24H22BrN2OS.BrH/c25-21-11-13-22(14-12-21)27-23-26(15-4-16-29-23)17-24(27,28)20-9-7-19(8-10-20)18-5-2-1-3-6-18;/h1-3,5-14,28H,4,15-17H2;1H/q+1;/p-1. The highest BCUT2D eigenvalue weighted by Gasteiger charge is 2.55. The van der Waals surface area contributed by atoms with Crippen molar-refractivity contribution in [2.45, 2.75) is 12.1 Å². The van der Waals surface area contributed by atoms with E-state index in [-0.39, 0.29) is 17.0 Å². The zero-order valence-corrected chi connectivity index (χ0v) is 20.3. The summed E-state index contributed by atoms with van der Waals surface area (Å²) in [5.74, 6) is 1.09. The summed E-state index contributed by atoms with van der Waals surface area (Å²) in [7, 11) is 0. The summed E-state index contributed by atoms with van der Waals surface area (Å²) in [4.78, 5) is 2.11. The molecule has 5 rings (SSSR count). The van der Waals surface area contributed by atoms with Crippen LogP contribution in [0.25, 0.3) is 11.1 Å². The molecule has 3 nitrogen and oxygen atoms in total. The number of halogens is 2. The van der Waals surface area contributed by atoms with Gasteiger partial charge in [0.1, 0.15) is 5.69 Å². The maximum absolute atomic E-state index is 12.0. The molecule has 2 heterocycles. The van der Waals surface area contributed by atoms with Crippen LogP contribution in [0.2, 0.25) is 0 Å². The van der Waals surface area contributed by atoms with Crippen molar-refractivity contribution in [3.63, 3.8) is 0 Å². The summed E-state index contributed by atoms with van der Waals surface area (Å²) in [5.41, 5.74) is 3.18. The van der Waals surface area contributed by atoms with Crippen LogP contribution in [0.4, 0.5) is 5.69 Å². The van der Waals surface area contributed by atoms with E-state index in [9.17, 15) is 5.11 Å². The van der Waals surface area contributed by atoms with Crippen molar-refractivity contribution in [1.82, 2.24) is 0 Å². The van der Waals surface area contributed by atoms with Crippen LogP contribution < -0.4 is 21.9 Å². The Hall–Kier alpha value is -1.60. The lowest BCUT2D eigenvalue weighted by Crippen LogP contribution is -3.00. The van der Waals surface area contributed by atoms with E-state index in [1.807, 2.05) is 30.0 Å². The minimum absolute atomic E-state index is 0. The van der Waals surface area contributed by atoms with Gasteiger partial charge < -0.3 is 22.1 Å². The van der Waals surface area contributed by atoms with Crippen molar-refractivity contribution in [3.05, 3.63) is 88.9 Å². The third-order valence-electron chi connectivity index (χ3n) is 5.59. The Bertz CT molecular complexity index is 1050. The van der Waals surface area contributed by atoms with Gasteiger partial charge in [-0.15, -0.1) is 0 Å². The Morgan fingerprint density at radius 2 is 1.57 bits per heavy atom. The number of nitrogens with zero attached hydrogens (tertiary/aromatic N) is 2. The van der Waals surface area contributed by atoms with E-state index in [1.165, 1.54) is 5.56 Å². The fourth-order valence-corrected chi connectivity index (χ4v) is 5.59. The van der Waals surface area contributed by atoms with Gasteiger partial charge >= 0.3 is 5.17 Å². The topological polar surface area (TPSA) is 26.5 Å². The summed E-state index contributed by atoms with van der Waals surface area (Å²) in [6.45, 7) is 1.57. The number of amidine groups is 1. The van der Waals surface area contributed by atoms with E-state index in [0.29, 0.717) is 6.54 Å². The van der Waals surface area contributed by atoms with Crippen LogP contribution in [0.15, 0.2) is 83.3 Å². The molecular weight excluding hydrogens is 524 g/mol. The molecule has 0 radical (unpaired) electrons. The summed E-state index contributed by atoms with van der Waals surface area (Å²) in [6.07, 6.45) is 1.14.